The van der Waals surface area contributed by atoms with Gasteiger partial charge in [-0.15, -0.1) is 0 Å². The summed E-state index contributed by atoms with van der Waals surface area (Å²) < 4.78 is 0. The SMILES string of the molecule is CNCc1cc(C)cc(O)c1. The fourth-order valence-electron chi connectivity index (χ4n) is 1.15. The van der Waals surface area contributed by atoms with Crippen molar-refractivity contribution in [1.29, 1.82) is 0 Å². The molecule has 0 bridgehead atoms. The maximum absolute atomic E-state index is 9.19. The van der Waals surface area contributed by atoms with Crippen molar-refractivity contribution in [1.82, 2.24) is 5.32 Å². The normalized spacial score (nSPS) is 10.0. The maximum Gasteiger partial charge on any atom is 0.116 e. The molecule has 0 radical (unpaired) electrons. The molecule has 0 spiro atoms. The highest BCUT2D eigenvalue weighted by molar-refractivity contribution is 5.32. The van der Waals surface area contributed by atoms with Crippen molar-refractivity contribution in [2.75, 3.05) is 7.05 Å². The quantitative estimate of drug-likeness (QED) is 0.670. The second kappa shape index (κ2) is 3.39. The minimum absolute atomic E-state index is 0.343. The van der Waals surface area contributed by atoms with Gasteiger partial charge >= 0.3 is 0 Å². The third-order valence-electron chi connectivity index (χ3n) is 1.50. The van der Waals surface area contributed by atoms with Crippen molar-refractivity contribution >= 4 is 0 Å². The van der Waals surface area contributed by atoms with Crippen molar-refractivity contribution in [3.8, 4) is 5.75 Å². The van der Waals surface area contributed by atoms with E-state index in [9.17, 15) is 5.11 Å². The van der Waals surface area contributed by atoms with Gasteiger partial charge in [-0.1, -0.05) is 6.07 Å². The lowest BCUT2D eigenvalue weighted by Gasteiger charge is -2.02. The fourth-order valence-corrected chi connectivity index (χ4v) is 1.15. The molecular weight excluding hydrogens is 138 g/mol. The van der Waals surface area contributed by atoms with E-state index in [1.165, 1.54) is 0 Å². The largest absolute Gasteiger partial charge is 0.508 e. The molecule has 2 nitrogen and oxygen atoms in total. The number of phenols is 1. The van der Waals surface area contributed by atoms with Gasteiger partial charge in [-0.25, -0.2) is 0 Å². The van der Waals surface area contributed by atoms with Gasteiger partial charge in [-0.2, -0.15) is 0 Å². The van der Waals surface area contributed by atoms with E-state index < -0.39 is 0 Å². The highest BCUT2D eigenvalue weighted by Gasteiger charge is 1.94. The molecular formula is C9H13NO. The Morgan fingerprint density at radius 1 is 1.36 bits per heavy atom. The van der Waals surface area contributed by atoms with Gasteiger partial charge in [0.05, 0.1) is 0 Å². The molecule has 0 atom stereocenters. The van der Waals surface area contributed by atoms with Gasteiger partial charge in [0.1, 0.15) is 5.75 Å². The van der Waals surface area contributed by atoms with Gasteiger partial charge in [0.2, 0.25) is 0 Å². The highest BCUT2D eigenvalue weighted by Crippen LogP contribution is 2.14. The van der Waals surface area contributed by atoms with E-state index in [2.05, 4.69) is 11.4 Å². The van der Waals surface area contributed by atoms with Crippen molar-refractivity contribution in [3.63, 3.8) is 0 Å². The Balaban J connectivity index is 2.89. The fraction of sp³-hybridized carbons (Fsp3) is 0.333. The molecule has 0 saturated carbocycles. The van der Waals surface area contributed by atoms with Crippen LogP contribution in [0, 0.1) is 6.92 Å². The molecule has 0 unspecified atom stereocenters. The molecule has 2 heteroatoms. The topological polar surface area (TPSA) is 32.3 Å². The molecule has 1 aromatic carbocycles. The molecule has 11 heavy (non-hydrogen) atoms. The maximum atomic E-state index is 9.19. The number of phenolic OH excluding ortho intramolecular Hbond substituents is 1. The lowest BCUT2D eigenvalue weighted by atomic mass is 10.1. The Morgan fingerprint density at radius 2 is 2.09 bits per heavy atom. The van der Waals surface area contributed by atoms with E-state index in [0.29, 0.717) is 5.75 Å². The molecule has 0 aliphatic rings. The number of aromatic hydroxyl groups is 1. The van der Waals surface area contributed by atoms with Crippen LogP contribution in [-0.4, -0.2) is 12.2 Å². The molecule has 2 N–H and O–H groups in total. The Kier molecular flexibility index (Phi) is 2.49. The Labute approximate surface area is 66.9 Å². The minimum Gasteiger partial charge on any atom is -0.508 e. The number of aryl methyl sites for hydroxylation is 1. The third kappa shape index (κ3) is 2.24. The first-order chi connectivity index (χ1) is 5.22. The van der Waals surface area contributed by atoms with Crippen molar-refractivity contribution < 1.29 is 5.11 Å². The van der Waals surface area contributed by atoms with Crippen LogP contribution in [-0.2, 0) is 6.54 Å². The summed E-state index contributed by atoms with van der Waals surface area (Å²) in [5.74, 6) is 0.343. The van der Waals surface area contributed by atoms with Crippen LogP contribution in [0.1, 0.15) is 11.1 Å². The molecule has 1 aromatic rings. The first-order valence-corrected chi connectivity index (χ1v) is 3.66. The van der Waals surface area contributed by atoms with Crippen molar-refractivity contribution in [3.05, 3.63) is 29.3 Å². The number of benzene rings is 1. The number of nitrogens with one attached hydrogen (secondary N) is 1. The lowest BCUT2D eigenvalue weighted by molar-refractivity contribution is 0.474. The van der Waals surface area contributed by atoms with Crippen LogP contribution in [0.25, 0.3) is 0 Å². The number of hydrogen-bond donors (Lipinski definition) is 2. The summed E-state index contributed by atoms with van der Waals surface area (Å²) in [6.07, 6.45) is 0. The summed E-state index contributed by atoms with van der Waals surface area (Å²) in [7, 11) is 1.89. The summed E-state index contributed by atoms with van der Waals surface area (Å²) in [5, 5.41) is 12.2. The minimum atomic E-state index is 0.343. The smallest absolute Gasteiger partial charge is 0.116 e. The summed E-state index contributed by atoms with van der Waals surface area (Å²) in [6, 6.07) is 5.57. The molecule has 0 aliphatic carbocycles. The van der Waals surface area contributed by atoms with Gasteiger partial charge < -0.3 is 10.4 Å². The first-order valence-electron chi connectivity index (χ1n) is 3.66. The Morgan fingerprint density at radius 3 is 2.64 bits per heavy atom. The van der Waals surface area contributed by atoms with Gasteiger partial charge in [-0.3, -0.25) is 0 Å². The Bertz CT molecular complexity index is 225. The van der Waals surface area contributed by atoms with Crippen LogP contribution in [0.2, 0.25) is 0 Å². The third-order valence-corrected chi connectivity index (χ3v) is 1.50. The second-order valence-corrected chi connectivity index (χ2v) is 2.71. The van der Waals surface area contributed by atoms with Crippen molar-refractivity contribution in [2.24, 2.45) is 0 Å². The molecule has 0 saturated heterocycles. The number of hydrogen-bond acceptors (Lipinski definition) is 2. The molecule has 0 aliphatic heterocycles. The molecule has 0 heterocycles. The van der Waals surface area contributed by atoms with Gasteiger partial charge in [-0.05, 0) is 37.2 Å². The average Bonchev–Trinajstić information content (AvgIpc) is 1.85. The van der Waals surface area contributed by atoms with Crippen LogP contribution in [0.4, 0.5) is 0 Å². The molecule has 0 fully saturated rings. The number of rotatable bonds is 2. The summed E-state index contributed by atoms with van der Waals surface area (Å²) >= 11 is 0. The van der Waals surface area contributed by atoms with Gasteiger partial charge in [0, 0.05) is 6.54 Å². The van der Waals surface area contributed by atoms with Crippen LogP contribution < -0.4 is 5.32 Å². The Hall–Kier alpha value is -1.02. The van der Waals surface area contributed by atoms with E-state index in [1.807, 2.05) is 14.0 Å². The first kappa shape index (κ1) is 8.08. The predicted octanol–water partition coefficient (Wildman–Crippen LogP) is 1.42. The van der Waals surface area contributed by atoms with E-state index in [1.54, 1.807) is 12.1 Å². The molecule has 0 aromatic heterocycles. The zero-order valence-corrected chi connectivity index (χ0v) is 6.89. The molecule has 0 amide bonds. The van der Waals surface area contributed by atoms with Crippen molar-refractivity contribution in [2.45, 2.75) is 13.5 Å². The van der Waals surface area contributed by atoms with E-state index in [4.69, 9.17) is 0 Å². The van der Waals surface area contributed by atoms with Crippen LogP contribution >= 0.6 is 0 Å². The highest BCUT2D eigenvalue weighted by atomic mass is 16.3. The molecule has 1 rings (SSSR count). The average molecular weight is 151 g/mol. The van der Waals surface area contributed by atoms with E-state index >= 15 is 0 Å². The standard InChI is InChI=1S/C9H13NO/c1-7-3-8(6-10-2)5-9(11)4-7/h3-5,10-11H,6H2,1-2H3. The van der Waals surface area contributed by atoms with Gasteiger partial charge in [0.25, 0.3) is 0 Å². The molecule has 60 valence electrons. The van der Waals surface area contributed by atoms with Crippen LogP contribution in [0.15, 0.2) is 18.2 Å². The summed E-state index contributed by atoms with van der Waals surface area (Å²) in [5.41, 5.74) is 2.21. The van der Waals surface area contributed by atoms with Crippen LogP contribution in [0.3, 0.4) is 0 Å². The summed E-state index contributed by atoms with van der Waals surface area (Å²) in [4.78, 5) is 0. The van der Waals surface area contributed by atoms with Crippen LogP contribution in [0.5, 0.6) is 5.75 Å². The predicted molar refractivity (Wildman–Crippen MR) is 45.6 cm³/mol. The van der Waals surface area contributed by atoms with E-state index in [-0.39, 0.29) is 0 Å². The lowest BCUT2D eigenvalue weighted by Crippen LogP contribution is -2.04. The van der Waals surface area contributed by atoms with E-state index in [0.717, 1.165) is 17.7 Å². The second-order valence-electron chi connectivity index (χ2n) is 2.71. The zero-order valence-electron chi connectivity index (χ0n) is 6.89. The summed E-state index contributed by atoms with van der Waals surface area (Å²) in [6.45, 7) is 2.77. The van der Waals surface area contributed by atoms with Gasteiger partial charge in [0.15, 0.2) is 0 Å². The zero-order chi connectivity index (χ0) is 8.27. The monoisotopic (exact) mass is 151 g/mol.